The average Bonchev–Trinajstić information content (AvgIpc) is 3.52. The zero-order valence-electron chi connectivity index (χ0n) is 20.3. The number of likely N-dealkylation sites (tertiary alicyclic amines) is 1. The molecule has 8 nitrogen and oxygen atoms in total. The standard InChI is InChI=1S/C24H31ClN4O4S2/c1-4-9-28(10-5-2)35(32,33)18-6-7-20-19(12-18)24(8-11-27(15-24)17(3)30)16-29(20)23(31)13-22-26-14-21(25)34-22/h6-7,12,14H,4-5,8-11,13,15-16H2,1-3H3. The van der Waals surface area contributed by atoms with Gasteiger partial charge in [0.2, 0.25) is 21.8 Å². The third kappa shape index (κ3) is 4.98. The molecule has 2 aliphatic rings. The minimum atomic E-state index is -3.68. The van der Waals surface area contributed by atoms with E-state index in [0.717, 1.165) is 18.4 Å². The van der Waals surface area contributed by atoms with E-state index in [9.17, 15) is 18.0 Å². The summed E-state index contributed by atoms with van der Waals surface area (Å²) in [5.74, 6) is -0.143. The number of carbonyl (C=O) groups excluding carboxylic acids is 2. The Balaban J connectivity index is 1.74. The van der Waals surface area contributed by atoms with Crippen LogP contribution in [-0.2, 0) is 31.4 Å². The lowest BCUT2D eigenvalue weighted by Crippen LogP contribution is -2.40. The predicted molar refractivity (Wildman–Crippen MR) is 138 cm³/mol. The Bertz CT molecular complexity index is 1230. The Morgan fingerprint density at radius 1 is 1.20 bits per heavy atom. The molecule has 1 saturated heterocycles. The van der Waals surface area contributed by atoms with Crippen LogP contribution < -0.4 is 4.90 Å². The Morgan fingerprint density at radius 2 is 1.91 bits per heavy atom. The molecule has 1 unspecified atom stereocenters. The van der Waals surface area contributed by atoms with Crippen LogP contribution in [0.25, 0.3) is 0 Å². The second-order valence-electron chi connectivity index (χ2n) is 9.27. The van der Waals surface area contributed by atoms with Gasteiger partial charge >= 0.3 is 0 Å². The van der Waals surface area contributed by atoms with E-state index in [1.54, 1.807) is 28.0 Å². The summed E-state index contributed by atoms with van der Waals surface area (Å²) in [6, 6.07) is 5.08. The molecule has 1 aromatic carbocycles. The summed E-state index contributed by atoms with van der Waals surface area (Å²) in [6.45, 7) is 7.81. The summed E-state index contributed by atoms with van der Waals surface area (Å²) in [4.78, 5) is 33.4. The molecule has 0 radical (unpaired) electrons. The van der Waals surface area contributed by atoms with Gasteiger partial charge in [0, 0.05) is 50.7 Å². The second kappa shape index (κ2) is 10.2. The van der Waals surface area contributed by atoms with Crippen molar-refractivity contribution >= 4 is 50.5 Å². The van der Waals surface area contributed by atoms with Crippen LogP contribution >= 0.6 is 22.9 Å². The molecule has 0 bridgehead atoms. The van der Waals surface area contributed by atoms with E-state index >= 15 is 0 Å². The van der Waals surface area contributed by atoms with Gasteiger partial charge in [0.15, 0.2) is 0 Å². The van der Waals surface area contributed by atoms with Gasteiger partial charge in [-0.15, -0.1) is 11.3 Å². The summed E-state index contributed by atoms with van der Waals surface area (Å²) in [7, 11) is -3.68. The molecular formula is C24H31ClN4O4S2. The molecule has 1 aromatic heterocycles. The van der Waals surface area contributed by atoms with E-state index in [2.05, 4.69) is 4.98 Å². The minimum absolute atomic E-state index is 0.0218. The quantitative estimate of drug-likeness (QED) is 0.511. The number of sulfonamides is 1. The van der Waals surface area contributed by atoms with Gasteiger partial charge in [0.1, 0.15) is 9.34 Å². The van der Waals surface area contributed by atoms with Crippen LogP contribution in [0.3, 0.4) is 0 Å². The molecular weight excluding hydrogens is 508 g/mol. The van der Waals surface area contributed by atoms with Crippen LogP contribution in [0.4, 0.5) is 5.69 Å². The van der Waals surface area contributed by atoms with Gasteiger partial charge in [-0.2, -0.15) is 4.31 Å². The molecule has 2 amide bonds. The van der Waals surface area contributed by atoms with E-state index in [1.807, 2.05) is 13.8 Å². The number of anilines is 1. The normalized spacial score (nSPS) is 19.7. The first kappa shape index (κ1) is 26.1. The maximum Gasteiger partial charge on any atom is 0.243 e. The van der Waals surface area contributed by atoms with Crippen molar-refractivity contribution in [3.05, 3.63) is 39.3 Å². The Morgan fingerprint density at radius 3 is 2.49 bits per heavy atom. The van der Waals surface area contributed by atoms with Crippen molar-refractivity contribution < 1.29 is 18.0 Å². The third-order valence-corrected chi connectivity index (χ3v) is 9.81. The van der Waals surface area contributed by atoms with Gasteiger partial charge in [0.25, 0.3) is 0 Å². The maximum absolute atomic E-state index is 13.5. The molecule has 3 heterocycles. The number of rotatable bonds is 8. The van der Waals surface area contributed by atoms with Crippen molar-refractivity contribution in [1.82, 2.24) is 14.2 Å². The lowest BCUT2D eigenvalue weighted by atomic mass is 9.81. The number of thiazole rings is 1. The van der Waals surface area contributed by atoms with E-state index in [4.69, 9.17) is 11.6 Å². The summed E-state index contributed by atoms with van der Waals surface area (Å²) in [6.07, 6.45) is 3.77. The fraction of sp³-hybridized carbons (Fsp3) is 0.542. The lowest BCUT2D eigenvalue weighted by molar-refractivity contribution is -0.127. The van der Waals surface area contributed by atoms with E-state index in [1.165, 1.54) is 28.8 Å². The number of halogens is 1. The molecule has 4 rings (SSSR count). The lowest BCUT2D eigenvalue weighted by Gasteiger charge is -2.26. The fourth-order valence-electron chi connectivity index (χ4n) is 5.12. The number of hydrogen-bond acceptors (Lipinski definition) is 6. The van der Waals surface area contributed by atoms with Gasteiger partial charge in [-0.05, 0) is 43.0 Å². The number of carbonyl (C=O) groups is 2. The number of hydrogen-bond donors (Lipinski definition) is 0. The van der Waals surface area contributed by atoms with Crippen LogP contribution in [-0.4, -0.2) is 67.1 Å². The molecule has 2 aromatic rings. The van der Waals surface area contributed by atoms with Crippen molar-refractivity contribution in [2.24, 2.45) is 0 Å². The van der Waals surface area contributed by atoms with Gasteiger partial charge in [-0.1, -0.05) is 25.4 Å². The summed E-state index contributed by atoms with van der Waals surface area (Å²) < 4.78 is 29.1. The number of aromatic nitrogens is 1. The summed E-state index contributed by atoms with van der Waals surface area (Å²) in [5.41, 5.74) is 1.03. The third-order valence-electron chi connectivity index (χ3n) is 6.80. The summed E-state index contributed by atoms with van der Waals surface area (Å²) in [5, 5.41) is 0.633. The Labute approximate surface area is 215 Å². The molecule has 190 valence electrons. The van der Waals surface area contributed by atoms with Crippen LogP contribution in [0.15, 0.2) is 29.3 Å². The Hall–Kier alpha value is -2.01. The maximum atomic E-state index is 13.5. The molecule has 1 fully saturated rings. The molecule has 11 heteroatoms. The van der Waals surface area contributed by atoms with Crippen molar-refractivity contribution in [2.75, 3.05) is 37.6 Å². The predicted octanol–water partition coefficient (Wildman–Crippen LogP) is 3.69. The van der Waals surface area contributed by atoms with Crippen molar-refractivity contribution in [2.45, 2.75) is 56.8 Å². The SMILES string of the molecule is CCCN(CCC)S(=O)(=O)c1ccc2c(c1)C1(CCN(C(C)=O)C1)CN2C(=O)Cc1ncc(Cl)s1. The van der Waals surface area contributed by atoms with Gasteiger partial charge < -0.3 is 9.80 Å². The monoisotopic (exact) mass is 538 g/mol. The molecule has 2 aliphatic heterocycles. The fourth-order valence-corrected chi connectivity index (χ4v) is 7.71. The molecule has 0 aliphatic carbocycles. The number of amides is 2. The van der Waals surface area contributed by atoms with Crippen molar-refractivity contribution in [3.63, 3.8) is 0 Å². The number of benzene rings is 1. The van der Waals surface area contributed by atoms with Crippen LogP contribution in [0.2, 0.25) is 4.34 Å². The highest BCUT2D eigenvalue weighted by Crippen LogP contribution is 2.47. The van der Waals surface area contributed by atoms with Crippen molar-refractivity contribution in [3.8, 4) is 0 Å². The van der Waals surface area contributed by atoms with Gasteiger partial charge in [-0.3, -0.25) is 9.59 Å². The molecule has 1 atom stereocenters. The second-order valence-corrected chi connectivity index (χ2v) is 13.0. The highest BCUT2D eigenvalue weighted by Gasteiger charge is 2.49. The zero-order valence-corrected chi connectivity index (χ0v) is 22.7. The minimum Gasteiger partial charge on any atom is -0.342 e. The highest BCUT2D eigenvalue weighted by atomic mass is 35.5. The number of nitrogens with zero attached hydrogens (tertiary/aromatic N) is 4. The first-order chi connectivity index (χ1) is 16.6. The van der Waals surface area contributed by atoms with Crippen LogP contribution in [0.1, 0.15) is 50.6 Å². The highest BCUT2D eigenvalue weighted by molar-refractivity contribution is 7.89. The van der Waals surface area contributed by atoms with Crippen LogP contribution in [0.5, 0.6) is 0 Å². The topological polar surface area (TPSA) is 90.9 Å². The molecule has 0 saturated carbocycles. The van der Waals surface area contributed by atoms with Gasteiger partial charge in [-0.25, -0.2) is 13.4 Å². The molecule has 0 N–H and O–H groups in total. The Kier molecular flexibility index (Phi) is 7.57. The average molecular weight is 539 g/mol. The summed E-state index contributed by atoms with van der Waals surface area (Å²) >= 11 is 7.26. The van der Waals surface area contributed by atoms with E-state index in [-0.39, 0.29) is 23.1 Å². The van der Waals surface area contributed by atoms with Gasteiger partial charge in [0.05, 0.1) is 17.5 Å². The molecule has 1 spiro atoms. The smallest absolute Gasteiger partial charge is 0.243 e. The number of fused-ring (bicyclic) bond motifs is 2. The molecule has 35 heavy (non-hydrogen) atoms. The van der Waals surface area contributed by atoms with Crippen molar-refractivity contribution in [1.29, 1.82) is 0 Å². The largest absolute Gasteiger partial charge is 0.342 e. The first-order valence-corrected chi connectivity index (χ1v) is 14.6. The first-order valence-electron chi connectivity index (χ1n) is 11.9. The van der Waals surface area contributed by atoms with E-state index < -0.39 is 15.4 Å². The van der Waals surface area contributed by atoms with E-state index in [0.29, 0.717) is 54.2 Å². The van der Waals surface area contributed by atoms with Crippen LogP contribution in [0, 0.1) is 0 Å². The zero-order chi connectivity index (χ0) is 25.4.